The lowest BCUT2D eigenvalue weighted by Crippen LogP contribution is -2.39. The Morgan fingerprint density at radius 1 is 1.44 bits per heavy atom. The zero-order chi connectivity index (χ0) is 11.5. The first-order valence-electron chi connectivity index (χ1n) is 6.00. The largest absolute Gasteiger partial charge is 0.295 e. The minimum atomic E-state index is 0.593. The molecule has 1 fully saturated rings. The maximum atomic E-state index is 5.89. The van der Waals surface area contributed by atoms with Crippen molar-refractivity contribution in [1.29, 1.82) is 0 Å². The molecule has 1 aromatic heterocycles. The van der Waals surface area contributed by atoms with Gasteiger partial charge in [0.1, 0.15) is 5.15 Å². The van der Waals surface area contributed by atoms with E-state index in [9.17, 15) is 0 Å². The zero-order valence-corrected chi connectivity index (χ0v) is 10.7. The highest BCUT2D eigenvalue weighted by Crippen LogP contribution is 2.23. The van der Waals surface area contributed by atoms with Gasteiger partial charge in [-0.2, -0.15) is 0 Å². The van der Waals surface area contributed by atoms with Crippen LogP contribution in [-0.4, -0.2) is 22.5 Å². The van der Waals surface area contributed by atoms with Crippen LogP contribution in [0.2, 0.25) is 5.15 Å². The lowest BCUT2D eigenvalue weighted by atomic mass is 9.93. The van der Waals surface area contributed by atoms with Gasteiger partial charge in [-0.15, -0.1) is 0 Å². The van der Waals surface area contributed by atoms with Gasteiger partial charge in [-0.3, -0.25) is 4.90 Å². The molecule has 0 aromatic carbocycles. The average Bonchev–Trinajstić information content (AvgIpc) is 2.22. The van der Waals surface area contributed by atoms with E-state index in [-0.39, 0.29) is 0 Å². The number of aromatic nitrogens is 1. The fourth-order valence-electron chi connectivity index (χ4n) is 2.44. The van der Waals surface area contributed by atoms with Crippen LogP contribution in [0.5, 0.6) is 0 Å². The SMILES string of the molecule is CC1CCN(Cc2cccc(Cl)n2)C(C)C1. The van der Waals surface area contributed by atoms with Crippen molar-refractivity contribution in [2.45, 2.75) is 39.3 Å². The molecule has 1 aromatic rings. The first kappa shape index (κ1) is 11.9. The van der Waals surface area contributed by atoms with Gasteiger partial charge in [0, 0.05) is 12.6 Å². The number of rotatable bonds is 2. The Morgan fingerprint density at radius 3 is 2.94 bits per heavy atom. The van der Waals surface area contributed by atoms with E-state index < -0.39 is 0 Å². The van der Waals surface area contributed by atoms with Crippen molar-refractivity contribution in [2.75, 3.05) is 6.54 Å². The van der Waals surface area contributed by atoms with E-state index in [1.54, 1.807) is 0 Å². The quantitative estimate of drug-likeness (QED) is 0.735. The van der Waals surface area contributed by atoms with Gasteiger partial charge in [0.15, 0.2) is 0 Å². The Kier molecular flexibility index (Phi) is 3.82. The van der Waals surface area contributed by atoms with Gasteiger partial charge in [0.25, 0.3) is 0 Å². The Labute approximate surface area is 103 Å². The summed E-state index contributed by atoms with van der Waals surface area (Å²) in [4.78, 5) is 6.84. The summed E-state index contributed by atoms with van der Waals surface area (Å²) in [6, 6.07) is 6.51. The Bertz CT molecular complexity index is 354. The van der Waals surface area contributed by atoms with Gasteiger partial charge in [-0.1, -0.05) is 24.6 Å². The van der Waals surface area contributed by atoms with E-state index in [2.05, 4.69) is 29.8 Å². The number of hydrogen-bond donors (Lipinski definition) is 0. The molecule has 0 aliphatic carbocycles. The van der Waals surface area contributed by atoms with Crippen LogP contribution in [0.25, 0.3) is 0 Å². The normalized spacial score (nSPS) is 26.9. The number of pyridine rings is 1. The second kappa shape index (κ2) is 5.15. The topological polar surface area (TPSA) is 16.1 Å². The van der Waals surface area contributed by atoms with Crippen molar-refractivity contribution in [3.63, 3.8) is 0 Å². The van der Waals surface area contributed by atoms with Crippen LogP contribution < -0.4 is 0 Å². The molecule has 0 saturated carbocycles. The molecule has 0 bridgehead atoms. The van der Waals surface area contributed by atoms with Crippen LogP contribution in [0.1, 0.15) is 32.4 Å². The molecule has 0 amide bonds. The van der Waals surface area contributed by atoms with E-state index in [1.165, 1.54) is 19.4 Å². The summed E-state index contributed by atoms with van der Waals surface area (Å²) in [5.74, 6) is 0.860. The van der Waals surface area contributed by atoms with Crippen LogP contribution >= 0.6 is 11.6 Å². The summed E-state index contributed by atoms with van der Waals surface area (Å²) in [6.07, 6.45) is 2.59. The monoisotopic (exact) mass is 238 g/mol. The van der Waals surface area contributed by atoms with Gasteiger partial charge in [0.2, 0.25) is 0 Å². The summed E-state index contributed by atoms with van der Waals surface area (Å²) in [7, 11) is 0. The van der Waals surface area contributed by atoms with Crippen molar-refractivity contribution in [3.05, 3.63) is 29.0 Å². The van der Waals surface area contributed by atoms with Crippen LogP contribution in [-0.2, 0) is 6.54 Å². The highest BCUT2D eigenvalue weighted by Gasteiger charge is 2.22. The molecule has 3 heteroatoms. The predicted octanol–water partition coefficient (Wildman–Crippen LogP) is 3.36. The summed E-state index contributed by atoms with van der Waals surface area (Å²) < 4.78 is 0. The van der Waals surface area contributed by atoms with Gasteiger partial charge in [-0.25, -0.2) is 4.98 Å². The summed E-state index contributed by atoms with van der Waals surface area (Å²) in [6.45, 7) is 6.75. The molecule has 2 rings (SSSR count). The minimum absolute atomic E-state index is 0.593. The molecule has 16 heavy (non-hydrogen) atoms. The predicted molar refractivity (Wildman–Crippen MR) is 67.5 cm³/mol. The van der Waals surface area contributed by atoms with Crippen molar-refractivity contribution in [3.8, 4) is 0 Å². The zero-order valence-electron chi connectivity index (χ0n) is 9.99. The van der Waals surface area contributed by atoms with Gasteiger partial charge < -0.3 is 0 Å². The van der Waals surface area contributed by atoms with Crippen molar-refractivity contribution >= 4 is 11.6 Å². The third-order valence-corrected chi connectivity index (χ3v) is 3.62. The molecule has 2 unspecified atom stereocenters. The molecule has 2 atom stereocenters. The molecule has 88 valence electrons. The highest BCUT2D eigenvalue weighted by atomic mass is 35.5. The molecule has 1 saturated heterocycles. The van der Waals surface area contributed by atoms with E-state index >= 15 is 0 Å². The van der Waals surface area contributed by atoms with E-state index in [4.69, 9.17) is 11.6 Å². The van der Waals surface area contributed by atoms with Gasteiger partial charge in [-0.05, 0) is 44.4 Å². The lowest BCUT2D eigenvalue weighted by molar-refractivity contribution is 0.120. The molecule has 1 aliphatic rings. The minimum Gasteiger partial charge on any atom is -0.295 e. The number of likely N-dealkylation sites (tertiary alicyclic amines) is 1. The molecule has 0 N–H and O–H groups in total. The average molecular weight is 239 g/mol. The van der Waals surface area contributed by atoms with Gasteiger partial charge >= 0.3 is 0 Å². The van der Waals surface area contributed by atoms with Crippen molar-refractivity contribution < 1.29 is 0 Å². The third-order valence-electron chi connectivity index (χ3n) is 3.41. The third kappa shape index (κ3) is 2.96. The van der Waals surface area contributed by atoms with Crippen molar-refractivity contribution in [2.24, 2.45) is 5.92 Å². The fourth-order valence-corrected chi connectivity index (χ4v) is 2.62. The fraction of sp³-hybridized carbons (Fsp3) is 0.615. The summed E-state index contributed by atoms with van der Waals surface area (Å²) in [5, 5.41) is 0.593. The maximum Gasteiger partial charge on any atom is 0.129 e. The summed E-state index contributed by atoms with van der Waals surface area (Å²) in [5.41, 5.74) is 1.08. The van der Waals surface area contributed by atoms with Crippen LogP contribution in [0.3, 0.4) is 0 Å². The first-order valence-corrected chi connectivity index (χ1v) is 6.38. The number of halogens is 1. The second-order valence-corrected chi connectivity index (χ2v) is 5.29. The molecule has 0 radical (unpaired) electrons. The second-order valence-electron chi connectivity index (χ2n) is 4.90. The Balaban J connectivity index is 1.99. The molecule has 1 aliphatic heterocycles. The molecular formula is C13H19ClN2. The molecule has 0 spiro atoms. The van der Waals surface area contributed by atoms with E-state index in [1.807, 2.05) is 12.1 Å². The number of nitrogens with zero attached hydrogens (tertiary/aromatic N) is 2. The van der Waals surface area contributed by atoms with Crippen molar-refractivity contribution in [1.82, 2.24) is 9.88 Å². The van der Waals surface area contributed by atoms with Crippen LogP contribution in [0.15, 0.2) is 18.2 Å². The van der Waals surface area contributed by atoms with Crippen LogP contribution in [0, 0.1) is 5.92 Å². The standard InChI is InChI=1S/C13H19ClN2/c1-10-6-7-16(11(2)8-10)9-12-4-3-5-13(14)15-12/h3-5,10-11H,6-9H2,1-2H3. The number of hydrogen-bond acceptors (Lipinski definition) is 2. The lowest BCUT2D eigenvalue weighted by Gasteiger charge is -2.36. The summed E-state index contributed by atoms with van der Waals surface area (Å²) >= 11 is 5.89. The van der Waals surface area contributed by atoms with Gasteiger partial charge in [0.05, 0.1) is 5.69 Å². The highest BCUT2D eigenvalue weighted by molar-refractivity contribution is 6.29. The smallest absolute Gasteiger partial charge is 0.129 e. The molecular weight excluding hydrogens is 220 g/mol. The maximum absolute atomic E-state index is 5.89. The van der Waals surface area contributed by atoms with E-state index in [0.29, 0.717) is 11.2 Å². The molecule has 2 nitrogen and oxygen atoms in total. The Morgan fingerprint density at radius 2 is 2.25 bits per heavy atom. The first-order chi connectivity index (χ1) is 7.65. The number of piperidine rings is 1. The molecule has 2 heterocycles. The van der Waals surface area contributed by atoms with Crippen LogP contribution in [0.4, 0.5) is 0 Å². The van der Waals surface area contributed by atoms with E-state index in [0.717, 1.165) is 18.2 Å². The Hall–Kier alpha value is -0.600.